The summed E-state index contributed by atoms with van der Waals surface area (Å²) in [4.78, 5) is 11.5. The van der Waals surface area contributed by atoms with Crippen LogP contribution >= 0.6 is 11.6 Å². The van der Waals surface area contributed by atoms with E-state index in [4.69, 9.17) is 11.6 Å². The predicted molar refractivity (Wildman–Crippen MR) is 82.6 cm³/mol. The van der Waals surface area contributed by atoms with Gasteiger partial charge in [0, 0.05) is 34.1 Å². The highest BCUT2D eigenvalue weighted by Gasteiger charge is 2.10. The molecule has 0 saturated heterocycles. The Kier molecular flexibility index (Phi) is 3.25. The summed E-state index contributed by atoms with van der Waals surface area (Å²) in [6.45, 7) is 1.53. The summed E-state index contributed by atoms with van der Waals surface area (Å²) in [6, 6.07) is 13.3. The zero-order chi connectivity index (χ0) is 15.0. The molecule has 0 unspecified atom stereocenters. The Hall–Kier alpha value is -2.57. The van der Waals surface area contributed by atoms with Crippen molar-refractivity contribution < 1.29 is 4.79 Å². The quantitative estimate of drug-likeness (QED) is 0.660. The molecule has 1 aromatic carbocycles. The second kappa shape index (κ2) is 5.08. The molecule has 0 bridgehead atoms. The zero-order valence-corrected chi connectivity index (χ0v) is 12.1. The standard InChI is InChI=1S/C17H11ClN2O/c1-11(21)13-6-16-7-17(12-2-4-15(18)5-3-12)14(8-19)10-20(16)9-13/h2-7,9-10H,1H3. The Labute approximate surface area is 127 Å². The van der Waals surface area contributed by atoms with Gasteiger partial charge in [0.25, 0.3) is 0 Å². The van der Waals surface area contributed by atoms with Gasteiger partial charge in [0.1, 0.15) is 6.07 Å². The summed E-state index contributed by atoms with van der Waals surface area (Å²) in [7, 11) is 0. The fourth-order valence-electron chi connectivity index (χ4n) is 2.31. The topological polar surface area (TPSA) is 45.3 Å². The van der Waals surface area contributed by atoms with Crippen molar-refractivity contribution in [2.45, 2.75) is 6.92 Å². The number of halogens is 1. The molecule has 4 heteroatoms. The molecule has 0 aliphatic carbocycles. The number of carbonyl (C=O) groups excluding carboxylic acids is 1. The molecular weight excluding hydrogens is 284 g/mol. The molecule has 0 spiro atoms. The van der Waals surface area contributed by atoms with Gasteiger partial charge < -0.3 is 4.40 Å². The Morgan fingerprint density at radius 1 is 1.19 bits per heavy atom. The number of nitrogens with zero attached hydrogens (tertiary/aromatic N) is 2. The van der Waals surface area contributed by atoms with Crippen LogP contribution in [0.4, 0.5) is 0 Å². The first-order valence-corrected chi connectivity index (χ1v) is 6.79. The smallest absolute Gasteiger partial charge is 0.161 e. The van der Waals surface area contributed by atoms with Gasteiger partial charge in [-0.05, 0) is 36.8 Å². The molecule has 2 aromatic heterocycles. The van der Waals surface area contributed by atoms with Crippen LogP contribution in [0.1, 0.15) is 22.8 Å². The minimum absolute atomic E-state index is 0.00486. The third-order valence-electron chi connectivity index (χ3n) is 3.41. The van der Waals surface area contributed by atoms with Gasteiger partial charge in [-0.2, -0.15) is 5.26 Å². The zero-order valence-electron chi connectivity index (χ0n) is 11.3. The van der Waals surface area contributed by atoms with Crippen molar-refractivity contribution in [3.8, 4) is 17.2 Å². The van der Waals surface area contributed by atoms with Crippen LogP contribution in [0.25, 0.3) is 16.6 Å². The Balaban J connectivity index is 2.24. The lowest BCUT2D eigenvalue weighted by Gasteiger charge is -2.06. The molecule has 0 amide bonds. The van der Waals surface area contributed by atoms with E-state index in [9.17, 15) is 10.1 Å². The molecule has 0 fully saturated rings. The number of fused-ring (bicyclic) bond motifs is 1. The molecule has 102 valence electrons. The van der Waals surface area contributed by atoms with Crippen LogP contribution in [0.3, 0.4) is 0 Å². The van der Waals surface area contributed by atoms with E-state index in [0.717, 1.165) is 16.6 Å². The van der Waals surface area contributed by atoms with Crippen molar-refractivity contribution in [3.63, 3.8) is 0 Å². The van der Waals surface area contributed by atoms with Gasteiger partial charge in [0.05, 0.1) is 5.56 Å². The second-order valence-electron chi connectivity index (χ2n) is 4.84. The minimum atomic E-state index is 0.00486. The molecule has 0 atom stereocenters. The second-order valence-corrected chi connectivity index (χ2v) is 5.27. The van der Waals surface area contributed by atoms with Crippen molar-refractivity contribution in [1.82, 2.24) is 4.40 Å². The maximum Gasteiger partial charge on any atom is 0.161 e. The summed E-state index contributed by atoms with van der Waals surface area (Å²) in [6.07, 6.45) is 3.48. The monoisotopic (exact) mass is 294 g/mol. The third kappa shape index (κ3) is 2.42. The SMILES string of the molecule is CC(=O)c1cc2cc(-c3ccc(Cl)cc3)c(C#N)cn2c1. The molecule has 0 radical (unpaired) electrons. The molecule has 3 rings (SSSR count). The average molecular weight is 295 g/mol. The van der Waals surface area contributed by atoms with Gasteiger partial charge in [0.15, 0.2) is 5.78 Å². The highest BCUT2D eigenvalue weighted by atomic mass is 35.5. The first-order chi connectivity index (χ1) is 10.1. The van der Waals surface area contributed by atoms with E-state index in [1.807, 2.05) is 24.3 Å². The molecule has 0 saturated carbocycles. The molecule has 0 aliphatic heterocycles. The van der Waals surface area contributed by atoms with E-state index in [1.165, 1.54) is 6.92 Å². The lowest BCUT2D eigenvalue weighted by Crippen LogP contribution is -1.90. The van der Waals surface area contributed by atoms with E-state index in [2.05, 4.69) is 6.07 Å². The molecule has 0 N–H and O–H groups in total. The van der Waals surface area contributed by atoms with Crippen LogP contribution in [0.2, 0.25) is 5.02 Å². The van der Waals surface area contributed by atoms with Crippen LogP contribution in [-0.4, -0.2) is 10.2 Å². The molecule has 3 aromatic rings. The fraction of sp³-hybridized carbons (Fsp3) is 0.0588. The molecule has 2 heterocycles. The number of hydrogen-bond donors (Lipinski definition) is 0. The average Bonchev–Trinajstić information content (AvgIpc) is 2.90. The van der Waals surface area contributed by atoms with Gasteiger partial charge in [0.2, 0.25) is 0 Å². The summed E-state index contributed by atoms with van der Waals surface area (Å²) in [5.41, 5.74) is 3.81. The predicted octanol–water partition coefficient (Wildman–Crippen LogP) is 4.33. The molecule has 21 heavy (non-hydrogen) atoms. The summed E-state index contributed by atoms with van der Waals surface area (Å²) < 4.78 is 1.80. The lowest BCUT2D eigenvalue weighted by molar-refractivity contribution is 0.101. The van der Waals surface area contributed by atoms with Gasteiger partial charge >= 0.3 is 0 Å². The number of aromatic nitrogens is 1. The highest BCUT2D eigenvalue weighted by molar-refractivity contribution is 6.30. The first kappa shape index (κ1) is 13.4. The normalized spacial score (nSPS) is 10.5. The van der Waals surface area contributed by atoms with E-state index >= 15 is 0 Å². The number of nitriles is 1. The maximum atomic E-state index is 11.5. The Morgan fingerprint density at radius 2 is 1.90 bits per heavy atom. The number of Topliss-reactive ketones (excluding diaryl/α,β-unsaturated/α-hetero) is 1. The number of rotatable bonds is 2. The third-order valence-corrected chi connectivity index (χ3v) is 3.66. The number of ketones is 1. The van der Waals surface area contributed by atoms with E-state index in [1.54, 1.807) is 28.9 Å². The molecule has 3 nitrogen and oxygen atoms in total. The minimum Gasteiger partial charge on any atom is -0.322 e. The highest BCUT2D eigenvalue weighted by Crippen LogP contribution is 2.27. The first-order valence-electron chi connectivity index (χ1n) is 6.41. The molecular formula is C17H11ClN2O. The van der Waals surface area contributed by atoms with Crippen LogP contribution in [-0.2, 0) is 0 Å². The van der Waals surface area contributed by atoms with Crippen LogP contribution in [0.5, 0.6) is 0 Å². The summed E-state index contributed by atoms with van der Waals surface area (Å²) in [5, 5.41) is 10.0. The fourth-order valence-corrected chi connectivity index (χ4v) is 2.43. The van der Waals surface area contributed by atoms with Crippen molar-refractivity contribution in [3.05, 3.63) is 64.9 Å². The van der Waals surface area contributed by atoms with Crippen molar-refractivity contribution in [2.75, 3.05) is 0 Å². The van der Waals surface area contributed by atoms with Crippen molar-refractivity contribution >= 4 is 22.9 Å². The van der Waals surface area contributed by atoms with Crippen LogP contribution in [0, 0.1) is 11.3 Å². The largest absolute Gasteiger partial charge is 0.322 e. The van der Waals surface area contributed by atoms with Crippen LogP contribution in [0.15, 0.2) is 48.8 Å². The van der Waals surface area contributed by atoms with E-state index in [0.29, 0.717) is 16.1 Å². The van der Waals surface area contributed by atoms with Crippen molar-refractivity contribution in [2.24, 2.45) is 0 Å². The molecule has 0 aliphatic rings. The van der Waals surface area contributed by atoms with Gasteiger partial charge in [-0.15, -0.1) is 0 Å². The van der Waals surface area contributed by atoms with Gasteiger partial charge in [-0.3, -0.25) is 4.79 Å². The summed E-state index contributed by atoms with van der Waals surface area (Å²) in [5.74, 6) is 0.00486. The number of carbonyl (C=O) groups is 1. The lowest BCUT2D eigenvalue weighted by atomic mass is 10.0. The Bertz CT molecular complexity index is 886. The number of benzene rings is 1. The Morgan fingerprint density at radius 3 is 2.52 bits per heavy atom. The van der Waals surface area contributed by atoms with Gasteiger partial charge in [-0.25, -0.2) is 0 Å². The van der Waals surface area contributed by atoms with Crippen molar-refractivity contribution in [1.29, 1.82) is 5.26 Å². The van der Waals surface area contributed by atoms with Gasteiger partial charge in [-0.1, -0.05) is 23.7 Å². The number of hydrogen-bond acceptors (Lipinski definition) is 2. The van der Waals surface area contributed by atoms with E-state index in [-0.39, 0.29) is 5.78 Å². The van der Waals surface area contributed by atoms with Crippen LogP contribution < -0.4 is 0 Å². The maximum absolute atomic E-state index is 11.5. The van der Waals surface area contributed by atoms with E-state index < -0.39 is 0 Å². The summed E-state index contributed by atoms with van der Waals surface area (Å²) >= 11 is 5.90. The number of pyridine rings is 1.